The molecular weight excluding hydrogens is 362 g/mol. The summed E-state index contributed by atoms with van der Waals surface area (Å²) in [5.41, 5.74) is 0. The third kappa shape index (κ3) is 21.2. The van der Waals surface area contributed by atoms with Crippen LogP contribution in [0, 0.1) is 0 Å². The van der Waals surface area contributed by atoms with Crippen molar-refractivity contribution in [3.05, 3.63) is 0 Å². The van der Waals surface area contributed by atoms with Gasteiger partial charge in [0.25, 0.3) is 0 Å². The van der Waals surface area contributed by atoms with Crippen molar-refractivity contribution >= 4 is 0 Å². The summed E-state index contributed by atoms with van der Waals surface area (Å²) >= 11 is 0. The number of hydrogen-bond acceptors (Lipinski definition) is 1. The zero-order chi connectivity index (χ0) is 22.1. The van der Waals surface area contributed by atoms with Crippen molar-refractivity contribution in [2.24, 2.45) is 0 Å². The molecule has 1 unspecified atom stereocenters. The standard InChI is InChI=1S/C29H61N/c1-5-8-9-10-11-12-13-14-15-16-17-18-19-20-21-22-23-24-25-26-27-29(4)30(7-3)28-6-2/h29H,5-28H2,1-4H3. The van der Waals surface area contributed by atoms with E-state index in [0.717, 1.165) is 6.04 Å². The van der Waals surface area contributed by atoms with Gasteiger partial charge in [-0.15, -0.1) is 0 Å². The zero-order valence-corrected chi connectivity index (χ0v) is 22.0. The molecule has 0 N–H and O–H groups in total. The molecule has 1 heteroatoms. The van der Waals surface area contributed by atoms with Gasteiger partial charge in [-0.2, -0.15) is 0 Å². The number of unbranched alkanes of at least 4 members (excludes halogenated alkanes) is 19. The monoisotopic (exact) mass is 423 g/mol. The smallest absolute Gasteiger partial charge is 0.00668 e. The van der Waals surface area contributed by atoms with Crippen LogP contribution in [0.2, 0.25) is 0 Å². The van der Waals surface area contributed by atoms with Crippen molar-refractivity contribution in [3.63, 3.8) is 0 Å². The fourth-order valence-electron chi connectivity index (χ4n) is 4.85. The summed E-state index contributed by atoms with van der Waals surface area (Å²) in [6.45, 7) is 11.8. The predicted molar refractivity (Wildman–Crippen MR) is 140 cm³/mol. The highest BCUT2D eigenvalue weighted by Gasteiger charge is 2.09. The third-order valence-corrected chi connectivity index (χ3v) is 7.02. The maximum absolute atomic E-state index is 2.65. The van der Waals surface area contributed by atoms with Crippen LogP contribution in [0.1, 0.15) is 169 Å². The van der Waals surface area contributed by atoms with E-state index < -0.39 is 0 Å². The molecule has 1 atom stereocenters. The zero-order valence-electron chi connectivity index (χ0n) is 22.0. The van der Waals surface area contributed by atoms with Gasteiger partial charge in [0.2, 0.25) is 0 Å². The second kappa shape index (κ2) is 25.2. The van der Waals surface area contributed by atoms with Gasteiger partial charge in [-0.3, -0.25) is 0 Å². The molecule has 0 aliphatic heterocycles. The maximum atomic E-state index is 2.65. The Labute approximate surface area is 193 Å². The Morgan fingerprint density at radius 1 is 0.433 bits per heavy atom. The van der Waals surface area contributed by atoms with Crippen LogP contribution in [-0.4, -0.2) is 24.0 Å². The summed E-state index contributed by atoms with van der Waals surface area (Å²) in [5.74, 6) is 0. The van der Waals surface area contributed by atoms with Gasteiger partial charge in [0.05, 0.1) is 0 Å². The van der Waals surface area contributed by atoms with Gasteiger partial charge < -0.3 is 4.90 Å². The summed E-state index contributed by atoms with van der Waals surface area (Å²) in [5, 5.41) is 0. The summed E-state index contributed by atoms with van der Waals surface area (Å²) in [7, 11) is 0. The van der Waals surface area contributed by atoms with Crippen LogP contribution >= 0.6 is 0 Å². The van der Waals surface area contributed by atoms with Crippen molar-refractivity contribution in [2.45, 2.75) is 175 Å². The molecule has 0 amide bonds. The van der Waals surface area contributed by atoms with Crippen LogP contribution in [-0.2, 0) is 0 Å². The van der Waals surface area contributed by atoms with Gasteiger partial charge in [0.1, 0.15) is 0 Å². The van der Waals surface area contributed by atoms with Gasteiger partial charge in [-0.05, 0) is 32.9 Å². The lowest BCUT2D eigenvalue weighted by molar-refractivity contribution is 0.206. The van der Waals surface area contributed by atoms with Gasteiger partial charge >= 0.3 is 0 Å². The minimum atomic E-state index is 0.783. The Kier molecular flexibility index (Phi) is 25.2. The van der Waals surface area contributed by atoms with Crippen LogP contribution in [0.3, 0.4) is 0 Å². The van der Waals surface area contributed by atoms with Gasteiger partial charge in [-0.25, -0.2) is 0 Å². The molecule has 0 heterocycles. The summed E-state index contributed by atoms with van der Waals surface area (Å²) in [6, 6.07) is 0.783. The highest BCUT2D eigenvalue weighted by Crippen LogP contribution is 2.16. The lowest BCUT2D eigenvalue weighted by Gasteiger charge is -2.27. The molecule has 0 spiro atoms. The molecule has 0 saturated carbocycles. The van der Waals surface area contributed by atoms with Gasteiger partial charge in [0, 0.05) is 6.04 Å². The molecule has 0 rings (SSSR count). The van der Waals surface area contributed by atoms with Crippen molar-refractivity contribution in [1.82, 2.24) is 4.90 Å². The molecule has 0 fully saturated rings. The number of nitrogens with zero attached hydrogens (tertiary/aromatic N) is 1. The first-order valence-electron chi connectivity index (χ1n) is 14.5. The fourth-order valence-corrected chi connectivity index (χ4v) is 4.85. The second-order valence-electron chi connectivity index (χ2n) is 9.98. The van der Waals surface area contributed by atoms with E-state index in [-0.39, 0.29) is 0 Å². The third-order valence-electron chi connectivity index (χ3n) is 7.02. The minimum absolute atomic E-state index is 0.783. The van der Waals surface area contributed by atoms with E-state index in [0.29, 0.717) is 0 Å². The summed E-state index contributed by atoms with van der Waals surface area (Å²) in [6.07, 6.45) is 32.1. The largest absolute Gasteiger partial charge is 0.301 e. The molecule has 0 aromatic carbocycles. The minimum Gasteiger partial charge on any atom is -0.301 e. The molecule has 30 heavy (non-hydrogen) atoms. The molecule has 0 aromatic heterocycles. The predicted octanol–water partition coefficient (Wildman–Crippen LogP) is 10.3. The van der Waals surface area contributed by atoms with E-state index in [9.17, 15) is 0 Å². The Hall–Kier alpha value is -0.0400. The molecule has 1 nitrogen and oxygen atoms in total. The normalized spacial score (nSPS) is 12.7. The lowest BCUT2D eigenvalue weighted by atomic mass is 10.0. The van der Waals surface area contributed by atoms with E-state index in [4.69, 9.17) is 0 Å². The van der Waals surface area contributed by atoms with E-state index >= 15 is 0 Å². The fraction of sp³-hybridized carbons (Fsp3) is 1.00. The molecule has 0 saturated heterocycles. The maximum Gasteiger partial charge on any atom is 0.00668 e. The Bertz CT molecular complexity index is 301. The van der Waals surface area contributed by atoms with Crippen molar-refractivity contribution in [3.8, 4) is 0 Å². The van der Waals surface area contributed by atoms with Gasteiger partial charge in [-0.1, -0.05) is 149 Å². The Morgan fingerprint density at radius 2 is 0.767 bits per heavy atom. The topological polar surface area (TPSA) is 3.24 Å². The molecular formula is C29H61N. The van der Waals surface area contributed by atoms with E-state index in [2.05, 4.69) is 32.6 Å². The van der Waals surface area contributed by atoms with E-state index in [1.165, 1.54) is 154 Å². The van der Waals surface area contributed by atoms with E-state index in [1.54, 1.807) is 0 Å². The number of rotatable bonds is 25. The van der Waals surface area contributed by atoms with Crippen LogP contribution in [0.4, 0.5) is 0 Å². The highest BCUT2D eigenvalue weighted by molar-refractivity contribution is 4.65. The Balaban J connectivity index is 3.16. The first kappa shape index (κ1) is 30.0. The quantitative estimate of drug-likeness (QED) is 0.132. The lowest BCUT2D eigenvalue weighted by Crippen LogP contribution is -2.33. The summed E-state index contributed by atoms with van der Waals surface area (Å²) < 4.78 is 0. The molecule has 0 bridgehead atoms. The molecule has 0 aliphatic carbocycles. The molecule has 182 valence electrons. The van der Waals surface area contributed by atoms with Crippen molar-refractivity contribution < 1.29 is 0 Å². The molecule has 0 radical (unpaired) electrons. The first-order valence-corrected chi connectivity index (χ1v) is 14.5. The Morgan fingerprint density at radius 3 is 1.07 bits per heavy atom. The van der Waals surface area contributed by atoms with Crippen LogP contribution < -0.4 is 0 Å². The highest BCUT2D eigenvalue weighted by atomic mass is 15.1. The first-order chi connectivity index (χ1) is 14.8. The molecule has 0 aromatic rings. The van der Waals surface area contributed by atoms with Crippen molar-refractivity contribution in [1.29, 1.82) is 0 Å². The van der Waals surface area contributed by atoms with Crippen LogP contribution in [0.15, 0.2) is 0 Å². The average molecular weight is 424 g/mol. The van der Waals surface area contributed by atoms with Crippen molar-refractivity contribution in [2.75, 3.05) is 13.1 Å². The average Bonchev–Trinajstić information content (AvgIpc) is 2.75. The summed E-state index contributed by atoms with van der Waals surface area (Å²) in [4.78, 5) is 2.65. The SMILES string of the molecule is CCCCCCCCCCCCCCCCCCCCCCC(C)N(CC)CCC. The second-order valence-corrected chi connectivity index (χ2v) is 9.98. The number of hydrogen-bond donors (Lipinski definition) is 0. The van der Waals surface area contributed by atoms with Gasteiger partial charge in [0.15, 0.2) is 0 Å². The van der Waals surface area contributed by atoms with E-state index in [1.807, 2.05) is 0 Å². The molecule has 0 aliphatic rings. The van der Waals surface area contributed by atoms with Crippen LogP contribution in [0.25, 0.3) is 0 Å². The van der Waals surface area contributed by atoms with Crippen LogP contribution in [0.5, 0.6) is 0 Å².